The second kappa shape index (κ2) is 6.68. The van der Waals surface area contributed by atoms with Crippen molar-refractivity contribution in [2.75, 3.05) is 13.1 Å². The van der Waals surface area contributed by atoms with E-state index in [-0.39, 0.29) is 42.5 Å². The van der Waals surface area contributed by atoms with E-state index in [4.69, 9.17) is 0 Å². The van der Waals surface area contributed by atoms with Crippen molar-refractivity contribution < 1.29 is 14.4 Å². The molecule has 2 rings (SSSR count). The monoisotopic (exact) mass is 278 g/mol. The number of rotatable bonds is 6. The van der Waals surface area contributed by atoms with Gasteiger partial charge in [-0.1, -0.05) is 25.5 Å². The normalized spacial score (nSPS) is 24.9. The van der Waals surface area contributed by atoms with E-state index < -0.39 is 0 Å². The van der Waals surface area contributed by atoms with Crippen molar-refractivity contribution in [3.05, 3.63) is 12.2 Å². The molecule has 0 spiro atoms. The van der Waals surface area contributed by atoms with Crippen LogP contribution < -0.4 is 5.32 Å². The van der Waals surface area contributed by atoms with Crippen LogP contribution >= 0.6 is 0 Å². The summed E-state index contributed by atoms with van der Waals surface area (Å²) in [5, 5.41) is 2.80. The Morgan fingerprint density at radius 2 is 1.85 bits per heavy atom. The van der Waals surface area contributed by atoms with Gasteiger partial charge in [-0.15, -0.1) is 0 Å². The molecule has 1 N–H and O–H groups in total. The van der Waals surface area contributed by atoms with Gasteiger partial charge < -0.3 is 5.32 Å². The molecule has 0 aromatic rings. The summed E-state index contributed by atoms with van der Waals surface area (Å²) in [5.41, 5.74) is 0. The maximum atomic E-state index is 12.2. The number of likely N-dealkylation sites (tertiary alicyclic amines) is 1. The van der Waals surface area contributed by atoms with E-state index in [1.54, 1.807) is 0 Å². The number of nitrogens with one attached hydrogen (secondary N) is 1. The number of imide groups is 1. The maximum absolute atomic E-state index is 12.2. The summed E-state index contributed by atoms with van der Waals surface area (Å²) in [6.07, 6.45) is 7.40. The lowest BCUT2D eigenvalue weighted by atomic mass is 9.85. The second-order valence-corrected chi connectivity index (χ2v) is 5.44. The van der Waals surface area contributed by atoms with Gasteiger partial charge in [0.25, 0.3) is 0 Å². The van der Waals surface area contributed by atoms with Gasteiger partial charge in [-0.25, -0.2) is 0 Å². The molecular weight excluding hydrogens is 256 g/mol. The van der Waals surface area contributed by atoms with Crippen LogP contribution in [0.15, 0.2) is 12.2 Å². The molecule has 0 aromatic carbocycles. The maximum Gasteiger partial charge on any atom is 0.233 e. The summed E-state index contributed by atoms with van der Waals surface area (Å²) in [6.45, 7) is 2.93. The predicted molar refractivity (Wildman–Crippen MR) is 74.6 cm³/mol. The quantitative estimate of drug-likeness (QED) is 0.451. The Balaban J connectivity index is 1.83. The van der Waals surface area contributed by atoms with Crippen LogP contribution in [-0.4, -0.2) is 35.7 Å². The van der Waals surface area contributed by atoms with Crippen molar-refractivity contribution >= 4 is 17.7 Å². The van der Waals surface area contributed by atoms with Crippen molar-refractivity contribution in [1.29, 1.82) is 0 Å². The predicted octanol–water partition coefficient (Wildman–Crippen LogP) is 1.24. The first-order valence-corrected chi connectivity index (χ1v) is 7.42. The fourth-order valence-electron chi connectivity index (χ4n) is 2.80. The zero-order valence-corrected chi connectivity index (χ0v) is 11.9. The Hall–Kier alpha value is -1.65. The van der Waals surface area contributed by atoms with Gasteiger partial charge in [0.05, 0.1) is 11.8 Å². The summed E-state index contributed by atoms with van der Waals surface area (Å²) >= 11 is 0. The summed E-state index contributed by atoms with van der Waals surface area (Å²) in [5.74, 6) is -0.699. The van der Waals surface area contributed by atoms with Gasteiger partial charge in [0.1, 0.15) is 0 Å². The molecule has 5 heteroatoms. The van der Waals surface area contributed by atoms with Gasteiger partial charge in [-0.05, 0) is 19.3 Å². The third-order valence-corrected chi connectivity index (χ3v) is 4.01. The molecule has 3 amide bonds. The van der Waals surface area contributed by atoms with E-state index in [1.807, 2.05) is 12.2 Å². The summed E-state index contributed by atoms with van der Waals surface area (Å²) in [4.78, 5) is 37.2. The van der Waals surface area contributed by atoms with Crippen LogP contribution in [0, 0.1) is 11.8 Å². The molecule has 1 heterocycles. The average Bonchev–Trinajstić information content (AvgIpc) is 2.70. The van der Waals surface area contributed by atoms with Crippen LogP contribution in [0.1, 0.15) is 39.0 Å². The zero-order valence-electron chi connectivity index (χ0n) is 11.9. The van der Waals surface area contributed by atoms with E-state index in [0.29, 0.717) is 19.4 Å². The third-order valence-electron chi connectivity index (χ3n) is 4.01. The molecule has 1 aliphatic carbocycles. The zero-order chi connectivity index (χ0) is 14.5. The van der Waals surface area contributed by atoms with Gasteiger partial charge in [-0.2, -0.15) is 0 Å². The van der Waals surface area contributed by atoms with Gasteiger partial charge in [0.15, 0.2) is 0 Å². The Labute approximate surface area is 119 Å². The van der Waals surface area contributed by atoms with Crippen LogP contribution in [-0.2, 0) is 14.4 Å². The van der Waals surface area contributed by atoms with Crippen molar-refractivity contribution in [2.45, 2.75) is 39.0 Å². The number of hydrogen-bond acceptors (Lipinski definition) is 3. The van der Waals surface area contributed by atoms with Crippen molar-refractivity contribution in [3.8, 4) is 0 Å². The number of unbranched alkanes of at least 4 members (excludes halogenated alkanes) is 1. The Morgan fingerprint density at radius 3 is 2.40 bits per heavy atom. The summed E-state index contributed by atoms with van der Waals surface area (Å²) in [6, 6.07) is 0. The van der Waals surface area contributed by atoms with Gasteiger partial charge in [0.2, 0.25) is 17.7 Å². The van der Waals surface area contributed by atoms with E-state index in [0.717, 1.165) is 12.8 Å². The van der Waals surface area contributed by atoms with Crippen LogP contribution in [0.25, 0.3) is 0 Å². The molecule has 0 bridgehead atoms. The number of carbonyl (C=O) groups excluding carboxylic acids is 3. The first-order valence-electron chi connectivity index (χ1n) is 7.42. The largest absolute Gasteiger partial charge is 0.356 e. The minimum Gasteiger partial charge on any atom is -0.356 e. The van der Waals surface area contributed by atoms with E-state index >= 15 is 0 Å². The smallest absolute Gasteiger partial charge is 0.233 e. The standard InChI is InChI=1S/C15H22N2O3/c1-2-3-9-16-13(18)8-10-17-14(19)11-6-4-5-7-12(11)15(17)20/h4-5,11-12H,2-3,6-10H2,1H3,(H,16,18)/t11-,12+. The Morgan fingerprint density at radius 1 is 1.25 bits per heavy atom. The van der Waals surface area contributed by atoms with Gasteiger partial charge in [-0.3, -0.25) is 19.3 Å². The lowest BCUT2D eigenvalue weighted by molar-refractivity contribution is -0.140. The summed E-state index contributed by atoms with van der Waals surface area (Å²) in [7, 11) is 0. The SMILES string of the molecule is CCCCNC(=O)CCN1C(=O)[C@H]2CC=CC[C@H]2C1=O. The fraction of sp³-hybridized carbons (Fsp3) is 0.667. The Kier molecular flexibility index (Phi) is 4.93. The topological polar surface area (TPSA) is 66.5 Å². The molecule has 1 fully saturated rings. The molecule has 2 aliphatic rings. The first kappa shape index (κ1) is 14.8. The molecular formula is C15H22N2O3. The number of nitrogens with zero attached hydrogens (tertiary/aromatic N) is 1. The highest BCUT2D eigenvalue weighted by atomic mass is 16.2. The molecule has 0 saturated carbocycles. The molecule has 5 nitrogen and oxygen atoms in total. The van der Waals surface area contributed by atoms with Crippen molar-refractivity contribution in [1.82, 2.24) is 10.2 Å². The number of fused-ring (bicyclic) bond motifs is 1. The third kappa shape index (κ3) is 3.08. The molecule has 110 valence electrons. The number of allylic oxidation sites excluding steroid dienone is 2. The number of amides is 3. The highest BCUT2D eigenvalue weighted by Crippen LogP contribution is 2.34. The molecule has 0 aromatic heterocycles. The number of hydrogen-bond donors (Lipinski definition) is 1. The van der Waals surface area contributed by atoms with Gasteiger partial charge in [0, 0.05) is 19.5 Å². The lowest BCUT2D eigenvalue weighted by Crippen LogP contribution is -2.35. The van der Waals surface area contributed by atoms with E-state index in [9.17, 15) is 14.4 Å². The van der Waals surface area contributed by atoms with Crippen LogP contribution in [0.2, 0.25) is 0 Å². The van der Waals surface area contributed by atoms with E-state index in [2.05, 4.69) is 12.2 Å². The van der Waals surface area contributed by atoms with Crippen LogP contribution in [0.3, 0.4) is 0 Å². The van der Waals surface area contributed by atoms with Gasteiger partial charge >= 0.3 is 0 Å². The molecule has 0 radical (unpaired) electrons. The first-order chi connectivity index (χ1) is 9.65. The van der Waals surface area contributed by atoms with E-state index in [1.165, 1.54) is 4.90 Å². The molecule has 1 aliphatic heterocycles. The van der Waals surface area contributed by atoms with Crippen LogP contribution in [0.5, 0.6) is 0 Å². The molecule has 20 heavy (non-hydrogen) atoms. The minimum atomic E-state index is -0.198. The van der Waals surface area contributed by atoms with Crippen LogP contribution in [0.4, 0.5) is 0 Å². The highest BCUT2D eigenvalue weighted by Gasteiger charge is 2.46. The fourth-order valence-corrected chi connectivity index (χ4v) is 2.80. The molecule has 1 saturated heterocycles. The van der Waals surface area contributed by atoms with Crippen molar-refractivity contribution in [2.24, 2.45) is 11.8 Å². The summed E-state index contributed by atoms with van der Waals surface area (Å²) < 4.78 is 0. The Bertz CT molecular complexity index is 405. The number of carbonyl (C=O) groups is 3. The second-order valence-electron chi connectivity index (χ2n) is 5.44. The lowest BCUT2D eigenvalue weighted by Gasteiger charge is -2.14. The highest BCUT2D eigenvalue weighted by molar-refractivity contribution is 6.05. The van der Waals surface area contributed by atoms with Crippen molar-refractivity contribution in [3.63, 3.8) is 0 Å². The average molecular weight is 278 g/mol. The molecule has 0 unspecified atom stereocenters. The molecule has 2 atom stereocenters. The minimum absolute atomic E-state index is 0.0907.